The number of ether oxygens (including phenoxy) is 2. The molecule has 0 bridgehead atoms. The predicted octanol–water partition coefficient (Wildman–Crippen LogP) is 3.18. The van der Waals surface area contributed by atoms with E-state index in [0.29, 0.717) is 18.9 Å². The van der Waals surface area contributed by atoms with E-state index in [2.05, 4.69) is 0 Å². The fraction of sp³-hybridized carbons (Fsp3) is 0.600. The fourth-order valence-electron chi connectivity index (χ4n) is 2.75. The molecule has 0 saturated heterocycles. The van der Waals surface area contributed by atoms with Gasteiger partial charge in [0.25, 0.3) is 0 Å². The van der Waals surface area contributed by atoms with Crippen molar-refractivity contribution in [2.45, 2.75) is 38.3 Å². The highest BCUT2D eigenvalue weighted by Gasteiger charge is 2.32. The van der Waals surface area contributed by atoms with Crippen molar-refractivity contribution in [3.8, 4) is 5.75 Å². The summed E-state index contributed by atoms with van der Waals surface area (Å²) in [5.74, 6) is -0.747. The molecule has 1 aliphatic rings. The second kappa shape index (κ2) is 6.50. The third kappa shape index (κ3) is 3.27. The van der Waals surface area contributed by atoms with Gasteiger partial charge in [-0.05, 0) is 32.1 Å². The van der Waals surface area contributed by atoms with Crippen LogP contribution in [-0.2, 0) is 4.74 Å². The minimum absolute atomic E-state index is 0.0503. The lowest BCUT2D eigenvalue weighted by Crippen LogP contribution is -2.33. The quantitative estimate of drug-likeness (QED) is 0.873. The number of methoxy groups -OCH3 is 1. The summed E-state index contributed by atoms with van der Waals surface area (Å²) in [5.41, 5.74) is 5.91. The van der Waals surface area contributed by atoms with Crippen molar-refractivity contribution in [1.82, 2.24) is 0 Å². The molecule has 0 aromatic heterocycles. The zero-order valence-electron chi connectivity index (χ0n) is 11.9. The fourth-order valence-corrected chi connectivity index (χ4v) is 2.75. The van der Waals surface area contributed by atoms with Crippen LogP contribution in [0.5, 0.6) is 5.75 Å². The molecule has 1 saturated carbocycles. The van der Waals surface area contributed by atoms with Crippen LogP contribution in [0.1, 0.15) is 37.8 Å². The lowest BCUT2D eigenvalue weighted by atomic mass is 9.77. The molecule has 1 fully saturated rings. The Bertz CT molecular complexity index is 438. The molecule has 0 heterocycles. The van der Waals surface area contributed by atoms with E-state index in [9.17, 15) is 8.78 Å². The van der Waals surface area contributed by atoms with Gasteiger partial charge in [0.15, 0.2) is 0 Å². The van der Waals surface area contributed by atoms with Crippen LogP contribution in [0.4, 0.5) is 8.78 Å². The summed E-state index contributed by atoms with van der Waals surface area (Å²) in [5, 5.41) is 0. The number of rotatable bonds is 6. The first kappa shape index (κ1) is 15.2. The first-order chi connectivity index (χ1) is 9.55. The summed E-state index contributed by atoms with van der Waals surface area (Å²) in [6.45, 7) is 2.66. The summed E-state index contributed by atoms with van der Waals surface area (Å²) in [7, 11) is 1.37. The highest BCUT2D eigenvalue weighted by molar-refractivity contribution is 5.32. The molecule has 0 radical (unpaired) electrons. The number of hydrogen-bond acceptors (Lipinski definition) is 3. The second-order valence-electron chi connectivity index (χ2n) is 5.26. The Kier molecular flexibility index (Phi) is 4.94. The molecule has 20 heavy (non-hydrogen) atoms. The van der Waals surface area contributed by atoms with E-state index in [1.807, 2.05) is 6.92 Å². The topological polar surface area (TPSA) is 44.5 Å². The van der Waals surface area contributed by atoms with Crippen LogP contribution in [0.25, 0.3) is 0 Å². The van der Waals surface area contributed by atoms with E-state index in [0.717, 1.165) is 12.8 Å². The molecule has 1 aromatic carbocycles. The first-order valence-corrected chi connectivity index (χ1v) is 6.95. The van der Waals surface area contributed by atoms with Gasteiger partial charge in [-0.15, -0.1) is 0 Å². The molecule has 1 aliphatic carbocycles. The van der Waals surface area contributed by atoms with Crippen molar-refractivity contribution in [3.05, 3.63) is 29.3 Å². The molecular formula is C15H21F2NO2. The Labute approximate surface area is 118 Å². The maximum atomic E-state index is 13.9. The Hall–Kier alpha value is -1.20. The molecule has 2 rings (SSSR count). The van der Waals surface area contributed by atoms with Crippen molar-refractivity contribution in [2.24, 2.45) is 11.7 Å². The van der Waals surface area contributed by atoms with E-state index in [1.54, 1.807) is 0 Å². The summed E-state index contributed by atoms with van der Waals surface area (Å²) in [6.07, 6.45) is 2.69. The van der Waals surface area contributed by atoms with Gasteiger partial charge in [-0.3, -0.25) is 0 Å². The van der Waals surface area contributed by atoms with Crippen LogP contribution in [0.15, 0.2) is 12.1 Å². The second-order valence-corrected chi connectivity index (χ2v) is 5.26. The number of halogens is 2. The van der Waals surface area contributed by atoms with Crippen molar-refractivity contribution >= 4 is 0 Å². The minimum atomic E-state index is -0.643. The number of benzene rings is 1. The lowest BCUT2D eigenvalue weighted by molar-refractivity contribution is -0.0283. The van der Waals surface area contributed by atoms with Gasteiger partial charge >= 0.3 is 0 Å². The summed E-state index contributed by atoms with van der Waals surface area (Å²) < 4.78 is 38.1. The third-order valence-corrected chi connectivity index (χ3v) is 3.84. The summed E-state index contributed by atoms with van der Waals surface area (Å²) in [4.78, 5) is 0. The Balaban J connectivity index is 1.98. The van der Waals surface area contributed by atoms with Gasteiger partial charge in [0, 0.05) is 30.3 Å². The van der Waals surface area contributed by atoms with E-state index in [1.165, 1.54) is 19.2 Å². The number of hydrogen-bond donors (Lipinski definition) is 1. The summed E-state index contributed by atoms with van der Waals surface area (Å²) >= 11 is 0. The lowest BCUT2D eigenvalue weighted by Gasteiger charge is -2.36. The van der Waals surface area contributed by atoms with Crippen LogP contribution in [-0.4, -0.2) is 19.8 Å². The van der Waals surface area contributed by atoms with Gasteiger partial charge in [0.05, 0.1) is 13.2 Å². The normalized spacial score (nSPS) is 23.2. The highest BCUT2D eigenvalue weighted by atomic mass is 19.1. The smallest absolute Gasteiger partial charge is 0.134 e. The molecule has 1 aromatic rings. The standard InChI is InChI=1S/C15H21F2NO2/c1-3-20-11-4-9(5-11)6-14(18)15-12(16)7-10(19-2)8-13(15)17/h7-9,11,14H,3-6,18H2,1-2H3. The minimum Gasteiger partial charge on any atom is -0.497 e. The zero-order chi connectivity index (χ0) is 14.7. The molecule has 2 N–H and O–H groups in total. The predicted molar refractivity (Wildman–Crippen MR) is 72.6 cm³/mol. The molecule has 3 nitrogen and oxygen atoms in total. The molecule has 0 amide bonds. The maximum Gasteiger partial charge on any atom is 0.134 e. The highest BCUT2D eigenvalue weighted by Crippen LogP contribution is 2.37. The van der Waals surface area contributed by atoms with Crippen molar-refractivity contribution in [1.29, 1.82) is 0 Å². The molecule has 1 atom stereocenters. The van der Waals surface area contributed by atoms with Crippen molar-refractivity contribution in [3.63, 3.8) is 0 Å². The van der Waals surface area contributed by atoms with Crippen molar-refractivity contribution in [2.75, 3.05) is 13.7 Å². The Morgan fingerprint density at radius 1 is 1.30 bits per heavy atom. The third-order valence-electron chi connectivity index (χ3n) is 3.84. The molecule has 5 heteroatoms. The van der Waals surface area contributed by atoms with E-state index >= 15 is 0 Å². The van der Waals surface area contributed by atoms with E-state index in [-0.39, 0.29) is 17.4 Å². The van der Waals surface area contributed by atoms with Crippen LogP contribution < -0.4 is 10.5 Å². The zero-order valence-corrected chi connectivity index (χ0v) is 11.9. The maximum absolute atomic E-state index is 13.9. The van der Waals surface area contributed by atoms with Crippen LogP contribution in [0.2, 0.25) is 0 Å². The average molecular weight is 285 g/mol. The SMILES string of the molecule is CCOC1CC(CC(N)c2c(F)cc(OC)cc2F)C1. The largest absolute Gasteiger partial charge is 0.497 e. The Morgan fingerprint density at radius 2 is 1.90 bits per heavy atom. The van der Waals surface area contributed by atoms with Gasteiger partial charge in [0.1, 0.15) is 17.4 Å². The van der Waals surface area contributed by atoms with Gasteiger partial charge in [0.2, 0.25) is 0 Å². The van der Waals surface area contributed by atoms with Gasteiger partial charge in [-0.25, -0.2) is 8.78 Å². The number of nitrogens with two attached hydrogens (primary N) is 1. The van der Waals surface area contributed by atoms with Gasteiger partial charge < -0.3 is 15.2 Å². The Morgan fingerprint density at radius 3 is 2.40 bits per heavy atom. The van der Waals surface area contributed by atoms with Crippen LogP contribution >= 0.6 is 0 Å². The summed E-state index contributed by atoms with van der Waals surface area (Å²) in [6, 6.07) is 1.71. The molecule has 0 spiro atoms. The van der Waals surface area contributed by atoms with Crippen LogP contribution in [0, 0.1) is 17.6 Å². The van der Waals surface area contributed by atoms with Gasteiger partial charge in [-0.2, -0.15) is 0 Å². The monoisotopic (exact) mass is 285 g/mol. The molecule has 112 valence electrons. The van der Waals surface area contributed by atoms with E-state index < -0.39 is 17.7 Å². The first-order valence-electron chi connectivity index (χ1n) is 6.95. The van der Waals surface area contributed by atoms with Gasteiger partial charge in [-0.1, -0.05) is 0 Å². The average Bonchev–Trinajstić information content (AvgIpc) is 2.35. The molecular weight excluding hydrogens is 264 g/mol. The van der Waals surface area contributed by atoms with E-state index in [4.69, 9.17) is 15.2 Å². The van der Waals surface area contributed by atoms with Crippen molar-refractivity contribution < 1.29 is 18.3 Å². The van der Waals surface area contributed by atoms with Crippen LogP contribution in [0.3, 0.4) is 0 Å². The molecule has 0 aliphatic heterocycles. The molecule has 1 unspecified atom stereocenters.